The first-order valence-electron chi connectivity index (χ1n) is 5.03. The van der Waals surface area contributed by atoms with Crippen LogP contribution in [0.25, 0.3) is 0 Å². The van der Waals surface area contributed by atoms with Crippen LogP contribution in [0.1, 0.15) is 5.56 Å². The molecule has 1 aliphatic heterocycles. The van der Waals surface area contributed by atoms with Gasteiger partial charge in [-0.25, -0.2) is 0 Å². The van der Waals surface area contributed by atoms with Gasteiger partial charge in [0.05, 0.1) is 5.04 Å². The number of halogens is 3. The van der Waals surface area contributed by atoms with Crippen molar-refractivity contribution in [2.24, 2.45) is 10.7 Å². The molecule has 2 rings (SSSR count). The van der Waals surface area contributed by atoms with E-state index in [1.807, 2.05) is 6.07 Å². The van der Waals surface area contributed by atoms with E-state index in [9.17, 15) is 13.2 Å². The summed E-state index contributed by atoms with van der Waals surface area (Å²) >= 11 is 1.10. The predicted octanol–water partition coefficient (Wildman–Crippen LogP) is 2.44. The zero-order valence-electron chi connectivity index (χ0n) is 8.87. The highest BCUT2D eigenvalue weighted by Crippen LogP contribution is 2.41. The smallest absolute Gasteiger partial charge is 0.328 e. The van der Waals surface area contributed by atoms with Gasteiger partial charge in [0.1, 0.15) is 0 Å². The van der Waals surface area contributed by atoms with Gasteiger partial charge in [-0.15, -0.1) is 11.8 Å². The largest absolute Gasteiger partial charge is 0.415 e. The fraction of sp³-hybridized carbons (Fsp3) is 0.364. The lowest BCUT2D eigenvalue weighted by Gasteiger charge is -2.26. The van der Waals surface area contributed by atoms with Crippen LogP contribution in [0.3, 0.4) is 0 Å². The summed E-state index contributed by atoms with van der Waals surface area (Å²) in [6.07, 6.45) is -4.40. The number of hydrogen-bond donors (Lipinski definition) is 1. The number of thioether (sulfide) groups is 1. The molecule has 0 fully saturated rings. The molecule has 17 heavy (non-hydrogen) atoms. The Kier molecular flexibility index (Phi) is 3.18. The highest BCUT2D eigenvalue weighted by Gasteiger charge is 2.56. The minimum atomic E-state index is -4.40. The molecule has 0 bridgehead atoms. The molecule has 6 heteroatoms. The molecule has 0 aliphatic carbocycles. The number of rotatable bonds is 2. The van der Waals surface area contributed by atoms with Gasteiger partial charge in [-0.3, -0.25) is 4.99 Å². The summed E-state index contributed by atoms with van der Waals surface area (Å²) < 4.78 is 38.7. The van der Waals surface area contributed by atoms with Crippen LogP contribution in [0.5, 0.6) is 0 Å². The standard InChI is InChI=1S/C11H11F3N2S/c12-11(13,14)10(6-15)7-17-9(16-10)8-4-2-1-3-5-8/h1-5H,6-7,15H2/t10-/m1/s1. The van der Waals surface area contributed by atoms with Gasteiger partial charge < -0.3 is 5.73 Å². The van der Waals surface area contributed by atoms with Crippen molar-refractivity contribution in [1.29, 1.82) is 0 Å². The lowest BCUT2D eigenvalue weighted by atomic mass is 10.0. The number of benzene rings is 1. The molecule has 0 saturated heterocycles. The van der Waals surface area contributed by atoms with Crippen LogP contribution >= 0.6 is 11.8 Å². The zero-order chi connectivity index (χ0) is 12.5. The Morgan fingerprint density at radius 2 is 1.94 bits per heavy atom. The first-order chi connectivity index (χ1) is 7.98. The zero-order valence-corrected chi connectivity index (χ0v) is 9.68. The molecular formula is C11H11F3N2S. The van der Waals surface area contributed by atoms with Crippen molar-refractivity contribution >= 4 is 16.8 Å². The van der Waals surface area contributed by atoms with Gasteiger partial charge in [-0.2, -0.15) is 13.2 Å². The second-order valence-electron chi connectivity index (χ2n) is 3.81. The van der Waals surface area contributed by atoms with Gasteiger partial charge in [0.2, 0.25) is 0 Å². The monoisotopic (exact) mass is 260 g/mol. The van der Waals surface area contributed by atoms with E-state index in [1.165, 1.54) is 0 Å². The van der Waals surface area contributed by atoms with E-state index >= 15 is 0 Å². The molecule has 0 amide bonds. The Balaban J connectivity index is 2.36. The molecule has 0 saturated carbocycles. The highest BCUT2D eigenvalue weighted by molar-refractivity contribution is 8.14. The maximum Gasteiger partial charge on any atom is 0.415 e. The third-order valence-electron chi connectivity index (χ3n) is 2.65. The second-order valence-corrected chi connectivity index (χ2v) is 4.77. The van der Waals surface area contributed by atoms with Gasteiger partial charge in [0.15, 0.2) is 5.54 Å². The van der Waals surface area contributed by atoms with Crippen LogP contribution in [-0.4, -0.2) is 29.1 Å². The molecule has 0 spiro atoms. The number of nitrogens with zero attached hydrogens (tertiary/aromatic N) is 1. The van der Waals surface area contributed by atoms with Crippen LogP contribution in [0.15, 0.2) is 35.3 Å². The molecule has 1 atom stereocenters. The normalized spacial score (nSPS) is 24.8. The molecule has 2 N–H and O–H groups in total. The topological polar surface area (TPSA) is 38.4 Å². The molecular weight excluding hydrogens is 249 g/mol. The van der Waals surface area contributed by atoms with Crippen LogP contribution in [0.4, 0.5) is 13.2 Å². The number of alkyl halides is 3. The van der Waals surface area contributed by atoms with Gasteiger partial charge in [0.25, 0.3) is 0 Å². The minimum Gasteiger partial charge on any atom is -0.328 e. The van der Waals surface area contributed by atoms with Crippen molar-refractivity contribution in [2.45, 2.75) is 11.7 Å². The first-order valence-corrected chi connectivity index (χ1v) is 6.02. The van der Waals surface area contributed by atoms with Gasteiger partial charge in [0, 0.05) is 17.9 Å². The van der Waals surface area contributed by atoms with Gasteiger partial charge in [-0.1, -0.05) is 30.3 Å². The highest BCUT2D eigenvalue weighted by atomic mass is 32.2. The Hall–Kier alpha value is -1.01. The maximum atomic E-state index is 12.9. The SMILES string of the molecule is NC[C@]1(C(F)(F)F)CSC(c2ccccc2)=N1. The molecule has 1 aromatic carbocycles. The molecule has 0 unspecified atom stereocenters. The summed E-state index contributed by atoms with van der Waals surface area (Å²) in [6.45, 7) is -0.514. The molecule has 0 aromatic heterocycles. The van der Waals surface area contributed by atoms with E-state index in [2.05, 4.69) is 4.99 Å². The van der Waals surface area contributed by atoms with Gasteiger partial charge in [-0.05, 0) is 0 Å². The van der Waals surface area contributed by atoms with Crippen molar-refractivity contribution in [1.82, 2.24) is 0 Å². The molecule has 1 heterocycles. The van der Waals surface area contributed by atoms with Crippen molar-refractivity contribution in [3.63, 3.8) is 0 Å². The molecule has 92 valence electrons. The number of nitrogens with two attached hydrogens (primary N) is 1. The molecule has 1 aromatic rings. The molecule has 1 aliphatic rings. The minimum absolute atomic E-state index is 0.142. The second kappa shape index (κ2) is 4.34. The first kappa shape index (κ1) is 12.4. The van der Waals surface area contributed by atoms with Crippen LogP contribution < -0.4 is 5.73 Å². The van der Waals surface area contributed by atoms with Crippen LogP contribution in [-0.2, 0) is 0 Å². The Morgan fingerprint density at radius 3 is 2.41 bits per heavy atom. The fourth-order valence-corrected chi connectivity index (χ4v) is 2.80. The van der Waals surface area contributed by atoms with E-state index in [0.29, 0.717) is 10.6 Å². The summed E-state index contributed by atoms with van der Waals surface area (Å²) in [6, 6.07) is 8.84. The van der Waals surface area contributed by atoms with Crippen molar-refractivity contribution in [2.75, 3.05) is 12.3 Å². The lowest BCUT2D eigenvalue weighted by Crippen LogP contribution is -2.50. The van der Waals surface area contributed by atoms with E-state index < -0.39 is 18.3 Å². The molecule has 0 radical (unpaired) electrons. The fourth-order valence-electron chi connectivity index (χ4n) is 1.54. The van der Waals surface area contributed by atoms with E-state index in [0.717, 1.165) is 11.8 Å². The van der Waals surface area contributed by atoms with E-state index in [1.54, 1.807) is 24.3 Å². The summed E-state index contributed by atoms with van der Waals surface area (Å²) in [5, 5.41) is 0.411. The summed E-state index contributed by atoms with van der Waals surface area (Å²) in [7, 11) is 0. The third kappa shape index (κ3) is 2.19. The van der Waals surface area contributed by atoms with E-state index in [4.69, 9.17) is 5.73 Å². The summed E-state index contributed by atoms with van der Waals surface area (Å²) in [4.78, 5) is 3.81. The number of aliphatic imine (C=N–C) groups is 1. The van der Waals surface area contributed by atoms with Crippen LogP contribution in [0, 0.1) is 0 Å². The van der Waals surface area contributed by atoms with Crippen LogP contribution in [0.2, 0.25) is 0 Å². The summed E-state index contributed by atoms with van der Waals surface area (Å²) in [5.41, 5.74) is 3.84. The third-order valence-corrected chi connectivity index (χ3v) is 3.87. The van der Waals surface area contributed by atoms with E-state index in [-0.39, 0.29) is 5.75 Å². The number of hydrogen-bond acceptors (Lipinski definition) is 3. The molecule has 2 nitrogen and oxygen atoms in total. The quantitative estimate of drug-likeness (QED) is 0.887. The van der Waals surface area contributed by atoms with Gasteiger partial charge >= 0.3 is 6.18 Å². The average Bonchev–Trinajstić information content (AvgIpc) is 2.75. The Bertz CT molecular complexity index is 430. The van der Waals surface area contributed by atoms with Crippen molar-refractivity contribution in [3.05, 3.63) is 35.9 Å². The predicted molar refractivity (Wildman–Crippen MR) is 63.3 cm³/mol. The summed E-state index contributed by atoms with van der Waals surface area (Å²) in [5.74, 6) is -0.142. The average molecular weight is 260 g/mol. The Morgan fingerprint density at radius 1 is 1.29 bits per heavy atom. The van der Waals surface area contributed by atoms with Crippen molar-refractivity contribution < 1.29 is 13.2 Å². The maximum absolute atomic E-state index is 12.9. The van der Waals surface area contributed by atoms with Crippen molar-refractivity contribution in [3.8, 4) is 0 Å². The Labute approximate surface area is 101 Å². The lowest BCUT2D eigenvalue weighted by molar-refractivity contribution is -0.174.